The number of benzene rings is 2. The van der Waals surface area contributed by atoms with Crippen molar-refractivity contribution in [3.8, 4) is 17.3 Å². The SMILES string of the molecule is Cc1ccc(Oc2ccc(NC(=O)c3cc(Br)nn3-c3ncc(C(F)(F)F)cc3Cl)cc2)cc1. The summed E-state index contributed by atoms with van der Waals surface area (Å²) >= 11 is 9.20. The lowest BCUT2D eigenvalue weighted by atomic mass is 10.2. The van der Waals surface area contributed by atoms with Crippen LogP contribution in [0.15, 0.2) is 71.5 Å². The van der Waals surface area contributed by atoms with Gasteiger partial charge < -0.3 is 10.1 Å². The van der Waals surface area contributed by atoms with Gasteiger partial charge in [0.25, 0.3) is 5.91 Å². The van der Waals surface area contributed by atoms with Crippen molar-refractivity contribution in [2.75, 3.05) is 5.32 Å². The lowest BCUT2D eigenvalue weighted by molar-refractivity contribution is -0.137. The molecular weight excluding hydrogens is 537 g/mol. The Morgan fingerprint density at radius 2 is 1.68 bits per heavy atom. The Kier molecular flexibility index (Phi) is 6.63. The third-order valence-corrected chi connectivity index (χ3v) is 5.30. The number of aromatic nitrogens is 3. The number of halogens is 5. The third kappa shape index (κ3) is 5.40. The lowest BCUT2D eigenvalue weighted by Gasteiger charge is -2.12. The van der Waals surface area contributed by atoms with Gasteiger partial charge in [-0.15, -0.1) is 0 Å². The predicted molar refractivity (Wildman–Crippen MR) is 125 cm³/mol. The fourth-order valence-electron chi connectivity index (χ4n) is 2.96. The van der Waals surface area contributed by atoms with E-state index in [0.29, 0.717) is 23.4 Å². The van der Waals surface area contributed by atoms with E-state index in [4.69, 9.17) is 16.3 Å². The molecule has 0 aliphatic carbocycles. The molecule has 2 aromatic heterocycles. The molecule has 0 aliphatic rings. The van der Waals surface area contributed by atoms with E-state index in [-0.39, 0.29) is 21.1 Å². The minimum atomic E-state index is -4.60. The Labute approximate surface area is 205 Å². The molecule has 6 nitrogen and oxygen atoms in total. The van der Waals surface area contributed by atoms with Gasteiger partial charge in [0, 0.05) is 18.0 Å². The molecule has 1 N–H and O–H groups in total. The van der Waals surface area contributed by atoms with Gasteiger partial charge >= 0.3 is 6.18 Å². The van der Waals surface area contributed by atoms with Crippen LogP contribution in [0.25, 0.3) is 5.82 Å². The van der Waals surface area contributed by atoms with E-state index in [1.54, 1.807) is 24.3 Å². The standard InChI is InChI=1S/C23H15BrClF3N4O2/c1-13-2-6-16(7-3-13)34-17-8-4-15(5-9-17)30-22(33)19-11-20(24)31-32(19)21-18(25)10-14(12-29-21)23(26,27)28/h2-12H,1H3,(H,30,33). The predicted octanol–water partition coefficient (Wildman–Crippen LogP) is 7.06. The molecule has 4 aromatic rings. The van der Waals surface area contributed by atoms with E-state index in [1.807, 2.05) is 31.2 Å². The molecule has 2 heterocycles. The summed E-state index contributed by atoms with van der Waals surface area (Å²) in [4.78, 5) is 16.7. The Bertz CT molecular complexity index is 1340. The number of alkyl halides is 3. The number of anilines is 1. The van der Waals surface area contributed by atoms with Crippen LogP contribution in [0.3, 0.4) is 0 Å². The molecular formula is C23H15BrClF3N4O2. The molecule has 11 heteroatoms. The van der Waals surface area contributed by atoms with Gasteiger partial charge in [-0.25, -0.2) is 9.67 Å². The Balaban J connectivity index is 1.53. The number of carbonyl (C=O) groups is 1. The summed E-state index contributed by atoms with van der Waals surface area (Å²) in [7, 11) is 0. The lowest BCUT2D eigenvalue weighted by Crippen LogP contribution is -2.18. The summed E-state index contributed by atoms with van der Waals surface area (Å²) < 4.78 is 45.9. The molecule has 0 aliphatic heterocycles. The molecule has 0 spiro atoms. The normalized spacial score (nSPS) is 11.4. The molecule has 0 saturated carbocycles. The van der Waals surface area contributed by atoms with Crippen molar-refractivity contribution in [1.82, 2.24) is 14.8 Å². The van der Waals surface area contributed by atoms with Crippen molar-refractivity contribution in [3.05, 3.63) is 93.3 Å². The first-order valence-electron chi connectivity index (χ1n) is 9.75. The first-order valence-corrected chi connectivity index (χ1v) is 10.9. The fourth-order valence-corrected chi connectivity index (χ4v) is 3.58. The molecule has 2 aromatic carbocycles. The van der Waals surface area contributed by atoms with Gasteiger partial charge in [0.15, 0.2) is 5.82 Å². The zero-order valence-electron chi connectivity index (χ0n) is 17.4. The number of nitrogens with one attached hydrogen (secondary N) is 1. The Hall–Kier alpha value is -3.37. The van der Waals surface area contributed by atoms with Gasteiger partial charge in [0.2, 0.25) is 0 Å². The summed E-state index contributed by atoms with van der Waals surface area (Å²) in [5, 5.41) is 6.49. The topological polar surface area (TPSA) is 69.0 Å². The number of hydrogen-bond donors (Lipinski definition) is 1. The first kappa shape index (κ1) is 23.8. The number of pyridine rings is 1. The van der Waals surface area contributed by atoms with Crippen LogP contribution in [0.1, 0.15) is 21.6 Å². The Morgan fingerprint density at radius 3 is 2.26 bits per heavy atom. The number of carbonyl (C=O) groups excluding carboxylic acids is 1. The average Bonchev–Trinajstić information content (AvgIpc) is 3.17. The van der Waals surface area contributed by atoms with Gasteiger partial charge in [-0.2, -0.15) is 18.3 Å². The van der Waals surface area contributed by atoms with Crippen LogP contribution in [0.2, 0.25) is 5.02 Å². The van der Waals surface area contributed by atoms with E-state index >= 15 is 0 Å². The molecule has 0 fully saturated rings. The third-order valence-electron chi connectivity index (χ3n) is 4.63. The summed E-state index contributed by atoms with van der Waals surface area (Å²) in [6, 6.07) is 16.4. The maximum absolute atomic E-state index is 12.9. The minimum Gasteiger partial charge on any atom is -0.457 e. The summed E-state index contributed by atoms with van der Waals surface area (Å²) in [5.74, 6) is 0.572. The van der Waals surface area contributed by atoms with E-state index in [2.05, 4.69) is 31.3 Å². The van der Waals surface area contributed by atoms with Gasteiger partial charge in [-0.05, 0) is 65.3 Å². The zero-order chi connectivity index (χ0) is 24.5. The van der Waals surface area contributed by atoms with E-state index in [1.165, 1.54) is 6.07 Å². The molecule has 4 rings (SSSR count). The highest BCUT2D eigenvalue weighted by Gasteiger charge is 2.32. The van der Waals surface area contributed by atoms with Crippen LogP contribution in [0, 0.1) is 6.92 Å². The van der Waals surface area contributed by atoms with E-state index in [9.17, 15) is 18.0 Å². The van der Waals surface area contributed by atoms with Crippen molar-refractivity contribution in [2.45, 2.75) is 13.1 Å². The smallest absolute Gasteiger partial charge is 0.417 e. The van der Waals surface area contributed by atoms with Crippen molar-refractivity contribution >= 4 is 39.1 Å². The molecule has 0 unspecified atom stereocenters. The summed E-state index contributed by atoms with van der Waals surface area (Å²) in [5.41, 5.74) is 0.591. The highest BCUT2D eigenvalue weighted by Crippen LogP contribution is 2.32. The van der Waals surface area contributed by atoms with E-state index in [0.717, 1.165) is 16.3 Å². The number of nitrogens with zero attached hydrogens (tertiary/aromatic N) is 3. The molecule has 1 amide bonds. The number of hydrogen-bond acceptors (Lipinski definition) is 4. The van der Waals surface area contributed by atoms with Crippen molar-refractivity contribution < 1.29 is 22.7 Å². The van der Waals surface area contributed by atoms with Crippen molar-refractivity contribution in [1.29, 1.82) is 0 Å². The second kappa shape index (κ2) is 9.47. The maximum atomic E-state index is 12.9. The second-order valence-electron chi connectivity index (χ2n) is 7.18. The van der Waals surface area contributed by atoms with Crippen LogP contribution in [-0.4, -0.2) is 20.7 Å². The van der Waals surface area contributed by atoms with Gasteiger partial charge in [-0.1, -0.05) is 29.3 Å². The molecule has 0 bridgehead atoms. The largest absolute Gasteiger partial charge is 0.457 e. The Morgan fingerprint density at radius 1 is 1.06 bits per heavy atom. The molecule has 0 radical (unpaired) electrons. The molecule has 174 valence electrons. The average molecular weight is 552 g/mol. The summed E-state index contributed by atoms with van der Waals surface area (Å²) in [6.07, 6.45) is -3.97. The van der Waals surface area contributed by atoms with Crippen LogP contribution in [-0.2, 0) is 6.18 Å². The quantitative estimate of drug-likeness (QED) is 0.288. The first-order chi connectivity index (χ1) is 16.1. The minimum absolute atomic E-state index is 0.0148. The molecule has 34 heavy (non-hydrogen) atoms. The van der Waals surface area contributed by atoms with Crippen LogP contribution >= 0.6 is 27.5 Å². The van der Waals surface area contributed by atoms with Gasteiger partial charge in [0.05, 0.1) is 10.6 Å². The number of aryl methyl sites for hydroxylation is 1. The highest BCUT2D eigenvalue weighted by molar-refractivity contribution is 9.10. The molecule has 0 atom stereocenters. The monoisotopic (exact) mass is 550 g/mol. The van der Waals surface area contributed by atoms with Crippen LogP contribution in [0.4, 0.5) is 18.9 Å². The van der Waals surface area contributed by atoms with Crippen molar-refractivity contribution in [3.63, 3.8) is 0 Å². The van der Waals surface area contributed by atoms with Crippen molar-refractivity contribution in [2.24, 2.45) is 0 Å². The fraction of sp³-hybridized carbons (Fsp3) is 0.0870. The van der Waals surface area contributed by atoms with Crippen LogP contribution < -0.4 is 10.1 Å². The van der Waals surface area contributed by atoms with Gasteiger partial charge in [0.1, 0.15) is 21.8 Å². The van der Waals surface area contributed by atoms with Gasteiger partial charge in [-0.3, -0.25) is 4.79 Å². The number of rotatable bonds is 5. The summed E-state index contributed by atoms with van der Waals surface area (Å²) in [6.45, 7) is 1.98. The second-order valence-corrected chi connectivity index (χ2v) is 8.40. The number of amides is 1. The maximum Gasteiger partial charge on any atom is 0.417 e. The zero-order valence-corrected chi connectivity index (χ0v) is 19.7. The van der Waals surface area contributed by atoms with E-state index < -0.39 is 17.6 Å². The van der Waals surface area contributed by atoms with Crippen LogP contribution in [0.5, 0.6) is 11.5 Å². The number of ether oxygens (including phenoxy) is 1. The molecule has 0 saturated heterocycles. The highest BCUT2D eigenvalue weighted by atomic mass is 79.9.